The number of aliphatic hydroxyl groups is 1. The summed E-state index contributed by atoms with van der Waals surface area (Å²) in [6.45, 7) is 7.23. The van der Waals surface area contributed by atoms with Crippen LogP contribution in [0.1, 0.15) is 50.8 Å². The predicted molar refractivity (Wildman–Crippen MR) is 111 cm³/mol. The zero-order valence-electron chi connectivity index (χ0n) is 17.6. The summed E-state index contributed by atoms with van der Waals surface area (Å²) < 4.78 is 10.7. The van der Waals surface area contributed by atoms with Crippen molar-refractivity contribution in [3.05, 3.63) is 65.7 Å². The Morgan fingerprint density at radius 1 is 1.00 bits per heavy atom. The van der Waals surface area contributed by atoms with Gasteiger partial charge in [0, 0.05) is 7.05 Å². The van der Waals surface area contributed by atoms with Crippen molar-refractivity contribution in [3.8, 4) is 5.75 Å². The Labute approximate surface area is 172 Å². The van der Waals surface area contributed by atoms with Crippen molar-refractivity contribution in [2.45, 2.75) is 45.3 Å². The zero-order valence-corrected chi connectivity index (χ0v) is 17.6. The molecule has 0 bridgehead atoms. The second-order valence-electron chi connectivity index (χ2n) is 8.00. The van der Waals surface area contributed by atoms with Gasteiger partial charge in [-0.2, -0.15) is 0 Å². The lowest BCUT2D eigenvalue weighted by Gasteiger charge is -2.26. The van der Waals surface area contributed by atoms with Gasteiger partial charge in [-0.15, -0.1) is 0 Å². The van der Waals surface area contributed by atoms with Gasteiger partial charge in [0.2, 0.25) is 0 Å². The number of aliphatic hydroxyl groups excluding tert-OH is 1. The molecular formula is C23H29NO5. The van der Waals surface area contributed by atoms with E-state index < -0.39 is 17.8 Å². The van der Waals surface area contributed by atoms with Crippen LogP contribution >= 0.6 is 0 Å². The summed E-state index contributed by atoms with van der Waals surface area (Å²) in [5.74, 6) is -0.340. The highest BCUT2D eigenvalue weighted by Gasteiger charge is 2.22. The van der Waals surface area contributed by atoms with E-state index in [0.717, 1.165) is 5.56 Å². The fourth-order valence-electron chi connectivity index (χ4n) is 2.62. The van der Waals surface area contributed by atoms with Gasteiger partial charge < -0.3 is 19.5 Å². The summed E-state index contributed by atoms with van der Waals surface area (Å²) in [5.41, 5.74) is 0.893. The molecule has 0 aliphatic rings. The van der Waals surface area contributed by atoms with E-state index in [4.69, 9.17) is 9.47 Å². The van der Waals surface area contributed by atoms with E-state index in [-0.39, 0.29) is 18.4 Å². The van der Waals surface area contributed by atoms with Gasteiger partial charge in [-0.05, 0) is 51.0 Å². The Morgan fingerprint density at radius 2 is 1.59 bits per heavy atom. The van der Waals surface area contributed by atoms with E-state index in [1.54, 1.807) is 59.0 Å². The van der Waals surface area contributed by atoms with Crippen molar-refractivity contribution in [2.75, 3.05) is 13.6 Å². The monoisotopic (exact) mass is 399 g/mol. The summed E-state index contributed by atoms with van der Waals surface area (Å²) in [6.07, 6.45) is -1.39. The number of carbonyl (C=O) groups excluding carboxylic acids is 2. The second kappa shape index (κ2) is 9.56. The highest BCUT2D eigenvalue weighted by atomic mass is 16.6. The van der Waals surface area contributed by atoms with Crippen LogP contribution in [0.3, 0.4) is 0 Å². The number of amides is 1. The number of carbonyl (C=O) groups is 2. The molecule has 2 atom stereocenters. The number of rotatable bonds is 6. The van der Waals surface area contributed by atoms with Crippen LogP contribution < -0.4 is 4.74 Å². The Balaban J connectivity index is 1.93. The molecule has 2 rings (SSSR count). The van der Waals surface area contributed by atoms with Crippen LogP contribution in [0.4, 0.5) is 4.79 Å². The number of hydrogen-bond donors (Lipinski definition) is 1. The maximum Gasteiger partial charge on any atom is 0.410 e. The Morgan fingerprint density at radius 3 is 2.14 bits per heavy atom. The van der Waals surface area contributed by atoms with Crippen molar-refractivity contribution < 1.29 is 24.2 Å². The first-order valence-electron chi connectivity index (χ1n) is 9.55. The summed E-state index contributed by atoms with van der Waals surface area (Å²) in [5, 5.41) is 10.4. The van der Waals surface area contributed by atoms with Crippen LogP contribution in [0.25, 0.3) is 0 Å². The first kappa shape index (κ1) is 22.4. The summed E-state index contributed by atoms with van der Waals surface area (Å²) in [4.78, 5) is 25.7. The molecule has 0 saturated carbocycles. The molecule has 0 aromatic heterocycles. The van der Waals surface area contributed by atoms with Gasteiger partial charge in [0.05, 0.1) is 18.6 Å². The summed E-state index contributed by atoms with van der Waals surface area (Å²) in [7, 11) is 1.57. The highest BCUT2D eigenvalue weighted by molar-refractivity contribution is 5.79. The summed E-state index contributed by atoms with van der Waals surface area (Å²) in [6, 6.07) is 16.0. The Hall–Kier alpha value is -2.86. The van der Waals surface area contributed by atoms with E-state index in [1.807, 2.05) is 30.3 Å². The average molecular weight is 399 g/mol. The van der Waals surface area contributed by atoms with Crippen molar-refractivity contribution in [3.63, 3.8) is 0 Å². The van der Waals surface area contributed by atoms with Gasteiger partial charge >= 0.3 is 12.1 Å². The van der Waals surface area contributed by atoms with E-state index in [9.17, 15) is 14.7 Å². The minimum atomic E-state index is -0.888. The third kappa shape index (κ3) is 6.91. The van der Waals surface area contributed by atoms with Gasteiger partial charge in [0.15, 0.2) is 0 Å². The minimum absolute atomic E-state index is 0.0824. The third-order valence-electron chi connectivity index (χ3n) is 4.29. The number of hydrogen-bond acceptors (Lipinski definition) is 5. The van der Waals surface area contributed by atoms with Gasteiger partial charge in [-0.25, -0.2) is 4.79 Å². The van der Waals surface area contributed by atoms with Crippen LogP contribution in [-0.4, -0.2) is 41.3 Å². The van der Waals surface area contributed by atoms with Crippen LogP contribution in [-0.2, 0) is 9.53 Å². The van der Waals surface area contributed by atoms with Gasteiger partial charge in [-0.3, -0.25) is 4.79 Å². The standard InChI is InChI=1S/C23H29NO5/c1-16(17-9-7-6-8-10-17)21(26)28-19-13-11-18(12-14-19)20(25)15-24(5)22(27)29-23(2,3)4/h6-14,16,20,25H,15H2,1-5H3. The molecule has 1 amide bonds. The van der Waals surface area contributed by atoms with E-state index in [0.29, 0.717) is 11.3 Å². The third-order valence-corrected chi connectivity index (χ3v) is 4.29. The molecule has 156 valence electrons. The first-order chi connectivity index (χ1) is 13.6. The molecule has 0 heterocycles. The van der Waals surface area contributed by atoms with E-state index in [2.05, 4.69) is 0 Å². The van der Waals surface area contributed by atoms with Crippen molar-refractivity contribution in [1.82, 2.24) is 4.90 Å². The fraction of sp³-hybridized carbons (Fsp3) is 0.391. The highest BCUT2D eigenvalue weighted by Crippen LogP contribution is 2.22. The molecule has 2 aromatic carbocycles. The molecule has 2 aromatic rings. The normalized spacial score (nSPS) is 13.3. The largest absolute Gasteiger partial charge is 0.444 e. The van der Waals surface area contributed by atoms with Crippen LogP contribution in [0.15, 0.2) is 54.6 Å². The number of nitrogens with zero attached hydrogens (tertiary/aromatic N) is 1. The van der Waals surface area contributed by atoms with Crippen molar-refractivity contribution >= 4 is 12.1 Å². The van der Waals surface area contributed by atoms with Crippen molar-refractivity contribution in [2.24, 2.45) is 0 Å². The lowest BCUT2D eigenvalue weighted by atomic mass is 10.0. The second-order valence-corrected chi connectivity index (χ2v) is 8.00. The maximum absolute atomic E-state index is 12.3. The number of ether oxygens (including phenoxy) is 2. The topological polar surface area (TPSA) is 76.1 Å². The average Bonchev–Trinajstić information content (AvgIpc) is 2.67. The number of esters is 1. The zero-order chi connectivity index (χ0) is 21.6. The quantitative estimate of drug-likeness (QED) is 0.579. The smallest absolute Gasteiger partial charge is 0.410 e. The molecule has 0 saturated heterocycles. The van der Waals surface area contributed by atoms with Crippen LogP contribution in [0.2, 0.25) is 0 Å². The molecule has 0 aliphatic heterocycles. The number of benzene rings is 2. The summed E-state index contributed by atoms with van der Waals surface area (Å²) >= 11 is 0. The molecule has 2 unspecified atom stereocenters. The lowest BCUT2D eigenvalue weighted by Crippen LogP contribution is -2.36. The Kier molecular flexibility index (Phi) is 7.40. The number of likely N-dealkylation sites (N-methyl/N-ethyl adjacent to an activating group) is 1. The predicted octanol–water partition coefficient (Wildman–Crippen LogP) is 4.30. The van der Waals surface area contributed by atoms with Gasteiger partial charge in [0.1, 0.15) is 11.4 Å². The molecule has 0 spiro atoms. The SMILES string of the molecule is CC(C(=O)Oc1ccc(C(O)CN(C)C(=O)OC(C)(C)C)cc1)c1ccccc1. The van der Waals surface area contributed by atoms with Crippen molar-refractivity contribution in [1.29, 1.82) is 0 Å². The molecule has 0 aliphatic carbocycles. The van der Waals surface area contributed by atoms with Crippen LogP contribution in [0.5, 0.6) is 5.75 Å². The lowest BCUT2D eigenvalue weighted by molar-refractivity contribution is -0.135. The minimum Gasteiger partial charge on any atom is -0.444 e. The molecule has 29 heavy (non-hydrogen) atoms. The molecule has 6 heteroatoms. The van der Waals surface area contributed by atoms with Crippen LogP contribution in [0, 0.1) is 0 Å². The van der Waals surface area contributed by atoms with E-state index >= 15 is 0 Å². The Bertz CT molecular complexity index is 811. The maximum atomic E-state index is 12.3. The fourth-order valence-corrected chi connectivity index (χ4v) is 2.62. The van der Waals surface area contributed by atoms with Gasteiger partial charge in [-0.1, -0.05) is 42.5 Å². The molecular weight excluding hydrogens is 370 g/mol. The molecule has 0 radical (unpaired) electrons. The molecule has 1 N–H and O–H groups in total. The van der Waals surface area contributed by atoms with E-state index in [1.165, 1.54) is 4.90 Å². The first-order valence-corrected chi connectivity index (χ1v) is 9.55. The van der Waals surface area contributed by atoms with Gasteiger partial charge in [0.25, 0.3) is 0 Å². The molecule has 0 fully saturated rings. The molecule has 6 nitrogen and oxygen atoms in total.